The first kappa shape index (κ1) is 12.8. The van der Waals surface area contributed by atoms with E-state index in [0.717, 1.165) is 11.3 Å². The van der Waals surface area contributed by atoms with Crippen LogP contribution in [0.5, 0.6) is 0 Å². The van der Waals surface area contributed by atoms with Crippen molar-refractivity contribution < 1.29 is 0 Å². The normalized spacial score (nSPS) is 10.3. The average Bonchev–Trinajstić information content (AvgIpc) is 2.82. The Morgan fingerprint density at radius 2 is 2.33 bits per heavy atom. The summed E-state index contributed by atoms with van der Waals surface area (Å²) in [6, 6.07) is 5.37. The van der Waals surface area contributed by atoms with Crippen LogP contribution in [-0.2, 0) is 6.54 Å². The zero-order valence-electron chi connectivity index (χ0n) is 9.51. The Morgan fingerprint density at radius 1 is 1.50 bits per heavy atom. The molecule has 5 nitrogen and oxygen atoms in total. The van der Waals surface area contributed by atoms with Crippen LogP contribution in [0.2, 0.25) is 5.02 Å². The maximum absolute atomic E-state index is 5.95. The van der Waals surface area contributed by atoms with E-state index in [2.05, 4.69) is 15.6 Å². The second kappa shape index (κ2) is 5.79. The van der Waals surface area contributed by atoms with Crippen molar-refractivity contribution in [2.75, 3.05) is 11.9 Å². The van der Waals surface area contributed by atoms with Gasteiger partial charge in [-0.2, -0.15) is 0 Å². The molecule has 0 unspecified atom stereocenters. The molecule has 18 heavy (non-hydrogen) atoms. The molecule has 0 fully saturated rings. The smallest absolute Gasteiger partial charge is 0.106 e. The van der Waals surface area contributed by atoms with E-state index < -0.39 is 0 Å². The molecule has 2 aromatic rings. The molecule has 2 rings (SSSR count). The van der Waals surface area contributed by atoms with Gasteiger partial charge in [-0.15, -0.1) is 5.10 Å². The van der Waals surface area contributed by atoms with E-state index in [1.54, 1.807) is 29.2 Å². The van der Waals surface area contributed by atoms with Gasteiger partial charge in [0, 0.05) is 29.0 Å². The topological polar surface area (TPSA) is 68.8 Å². The number of benzene rings is 1. The van der Waals surface area contributed by atoms with Gasteiger partial charge in [0.25, 0.3) is 0 Å². The van der Waals surface area contributed by atoms with E-state index >= 15 is 0 Å². The number of thiocarbonyl (C=S) groups is 1. The van der Waals surface area contributed by atoms with Gasteiger partial charge in [-0.25, -0.2) is 0 Å². The molecule has 0 aliphatic carbocycles. The Balaban J connectivity index is 2.03. The van der Waals surface area contributed by atoms with Crippen molar-refractivity contribution >= 4 is 34.5 Å². The van der Waals surface area contributed by atoms with E-state index in [1.807, 2.05) is 6.07 Å². The second-order valence-electron chi connectivity index (χ2n) is 3.65. The molecule has 1 heterocycles. The molecule has 0 bridgehead atoms. The highest BCUT2D eigenvalue weighted by molar-refractivity contribution is 7.80. The molecule has 1 aromatic heterocycles. The highest BCUT2D eigenvalue weighted by Crippen LogP contribution is 2.20. The lowest BCUT2D eigenvalue weighted by atomic mass is 10.2. The average molecular weight is 282 g/mol. The summed E-state index contributed by atoms with van der Waals surface area (Å²) >= 11 is 10.9. The lowest BCUT2D eigenvalue weighted by Gasteiger charge is -2.11. The molecule has 1 aromatic carbocycles. The van der Waals surface area contributed by atoms with Crippen molar-refractivity contribution in [2.45, 2.75) is 6.54 Å². The minimum Gasteiger partial charge on any atom is -0.389 e. The Labute approximate surface area is 115 Å². The Morgan fingerprint density at radius 3 is 3.00 bits per heavy atom. The summed E-state index contributed by atoms with van der Waals surface area (Å²) in [6.45, 7) is 1.38. The number of anilines is 1. The zero-order chi connectivity index (χ0) is 13.0. The van der Waals surface area contributed by atoms with Crippen molar-refractivity contribution in [2.24, 2.45) is 5.73 Å². The molecule has 0 atom stereocenters. The summed E-state index contributed by atoms with van der Waals surface area (Å²) < 4.78 is 1.73. The van der Waals surface area contributed by atoms with E-state index in [1.165, 1.54) is 0 Å². The molecule has 3 N–H and O–H groups in total. The number of halogens is 1. The van der Waals surface area contributed by atoms with Crippen LogP contribution in [0.3, 0.4) is 0 Å². The predicted octanol–water partition coefficient (Wildman–Crippen LogP) is 1.68. The van der Waals surface area contributed by atoms with Crippen molar-refractivity contribution in [1.29, 1.82) is 0 Å². The largest absolute Gasteiger partial charge is 0.389 e. The molecule has 94 valence electrons. The van der Waals surface area contributed by atoms with Crippen LogP contribution in [0.1, 0.15) is 5.56 Å². The summed E-state index contributed by atoms with van der Waals surface area (Å²) in [5.41, 5.74) is 7.27. The molecular formula is C11H12ClN5S. The van der Waals surface area contributed by atoms with Crippen LogP contribution in [0.4, 0.5) is 5.69 Å². The summed E-state index contributed by atoms with van der Waals surface area (Å²) in [6.07, 6.45) is 3.44. The molecule has 7 heteroatoms. The third-order valence-corrected chi connectivity index (χ3v) is 2.83. The minimum absolute atomic E-state index is 0.343. The standard InChI is InChI=1S/C11H12ClN5S/c12-8-1-2-9(11(13)18)10(7-8)14-3-5-17-6-4-15-16-17/h1-2,4,6-7,14H,3,5H2,(H2,13,18). The van der Waals surface area contributed by atoms with E-state index in [-0.39, 0.29) is 0 Å². The van der Waals surface area contributed by atoms with Crippen molar-refractivity contribution in [3.05, 3.63) is 41.2 Å². The van der Waals surface area contributed by atoms with E-state index in [9.17, 15) is 0 Å². The van der Waals surface area contributed by atoms with Crippen molar-refractivity contribution in [1.82, 2.24) is 15.0 Å². The Hall–Kier alpha value is -1.66. The number of nitrogens with one attached hydrogen (secondary N) is 1. The predicted molar refractivity (Wildman–Crippen MR) is 75.9 cm³/mol. The maximum Gasteiger partial charge on any atom is 0.106 e. The fourth-order valence-corrected chi connectivity index (χ4v) is 1.88. The van der Waals surface area contributed by atoms with Gasteiger partial charge in [-0.3, -0.25) is 4.68 Å². The zero-order valence-corrected chi connectivity index (χ0v) is 11.1. The molecule has 0 aliphatic rings. The lowest BCUT2D eigenvalue weighted by Crippen LogP contribution is -2.16. The maximum atomic E-state index is 5.95. The number of nitrogens with two attached hydrogens (primary N) is 1. The van der Waals surface area contributed by atoms with E-state index in [4.69, 9.17) is 29.6 Å². The summed E-state index contributed by atoms with van der Waals surface area (Å²) in [5, 5.41) is 11.5. The van der Waals surface area contributed by atoms with Crippen LogP contribution in [0.25, 0.3) is 0 Å². The number of rotatable bonds is 5. The van der Waals surface area contributed by atoms with Gasteiger partial charge in [0.05, 0.1) is 12.7 Å². The first-order chi connectivity index (χ1) is 8.66. The first-order valence-corrected chi connectivity index (χ1v) is 6.13. The summed E-state index contributed by atoms with van der Waals surface area (Å²) in [7, 11) is 0. The van der Waals surface area contributed by atoms with Crippen LogP contribution in [0, 0.1) is 0 Å². The Bertz CT molecular complexity index is 540. The molecule has 0 amide bonds. The van der Waals surface area contributed by atoms with Crippen LogP contribution in [0.15, 0.2) is 30.6 Å². The number of aromatic nitrogens is 3. The third-order valence-electron chi connectivity index (χ3n) is 2.38. The summed E-state index contributed by atoms with van der Waals surface area (Å²) in [4.78, 5) is 0.343. The van der Waals surface area contributed by atoms with Crippen LogP contribution >= 0.6 is 23.8 Å². The lowest BCUT2D eigenvalue weighted by molar-refractivity contribution is 0.609. The SMILES string of the molecule is NC(=S)c1ccc(Cl)cc1NCCn1ccnn1. The Kier molecular flexibility index (Phi) is 4.11. The number of hydrogen-bond acceptors (Lipinski definition) is 4. The van der Waals surface area contributed by atoms with Crippen molar-refractivity contribution in [3.63, 3.8) is 0 Å². The molecule has 0 saturated heterocycles. The molecule has 0 spiro atoms. The van der Waals surface area contributed by atoms with Crippen molar-refractivity contribution in [3.8, 4) is 0 Å². The first-order valence-electron chi connectivity index (χ1n) is 5.34. The van der Waals surface area contributed by atoms with Gasteiger partial charge in [-0.1, -0.05) is 29.0 Å². The van der Waals surface area contributed by atoms with Gasteiger partial charge in [0.1, 0.15) is 4.99 Å². The molecule has 0 radical (unpaired) electrons. The number of nitrogens with zero attached hydrogens (tertiary/aromatic N) is 3. The fraction of sp³-hybridized carbons (Fsp3) is 0.182. The van der Waals surface area contributed by atoms with Gasteiger partial charge in [0.15, 0.2) is 0 Å². The van der Waals surface area contributed by atoms with Gasteiger partial charge < -0.3 is 11.1 Å². The monoisotopic (exact) mass is 281 g/mol. The van der Waals surface area contributed by atoms with E-state index in [0.29, 0.717) is 23.1 Å². The molecule has 0 saturated carbocycles. The molecule has 0 aliphatic heterocycles. The third kappa shape index (κ3) is 3.18. The minimum atomic E-state index is 0.343. The molecular weight excluding hydrogens is 270 g/mol. The van der Waals surface area contributed by atoms with Crippen LogP contribution < -0.4 is 11.1 Å². The fourth-order valence-electron chi connectivity index (χ4n) is 1.53. The highest BCUT2D eigenvalue weighted by atomic mass is 35.5. The summed E-state index contributed by atoms with van der Waals surface area (Å²) in [5.74, 6) is 0. The van der Waals surface area contributed by atoms with Crippen LogP contribution in [-0.4, -0.2) is 26.5 Å². The second-order valence-corrected chi connectivity index (χ2v) is 4.52. The van der Waals surface area contributed by atoms with Gasteiger partial charge in [0.2, 0.25) is 0 Å². The highest BCUT2D eigenvalue weighted by Gasteiger charge is 2.05. The quantitative estimate of drug-likeness (QED) is 0.816. The van der Waals surface area contributed by atoms with Gasteiger partial charge >= 0.3 is 0 Å². The number of hydrogen-bond donors (Lipinski definition) is 2. The van der Waals surface area contributed by atoms with Gasteiger partial charge in [-0.05, 0) is 18.2 Å².